The Kier molecular flexibility index (Phi) is 6.28. The minimum atomic E-state index is -4.67. The quantitative estimate of drug-likeness (QED) is 0.503. The number of fused-ring (bicyclic) bond motifs is 1. The van der Waals surface area contributed by atoms with Crippen molar-refractivity contribution in [1.29, 1.82) is 0 Å². The van der Waals surface area contributed by atoms with Gasteiger partial charge in [-0.05, 0) is 25.1 Å². The fraction of sp³-hybridized carbons (Fsp3) is 0.350. The Morgan fingerprint density at radius 2 is 1.72 bits per heavy atom. The van der Waals surface area contributed by atoms with Gasteiger partial charge in [0.2, 0.25) is 0 Å². The van der Waals surface area contributed by atoms with Crippen LogP contribution >= 0.6 is 34.8 Å². The van der Waals surface area contributed by atoms with E-state index in [4.69, 9.17) is 34.8 Å². The van der Waals surface area contributed by atoms with Crippen molar-refractivity contribution >= 4 is 46.4 Å². The van der Waals surface area contributed by atoms with Crippen LogP contribution in [0.1, 0.15) is 27.4 Å². The minimum absolute atomic E-state index is 0.123. The van der Waals surface area contributed by atoms with Gasteiger partial charge in [0.15, 0.2) is 11.3 Å². The van der Waals surface area contributed by atoms with Crippen LogP contribution in [0.2, 0.25) is 15.1 Å². The number of hydrogen-bond acceptors (Lipinski definition) is 4. The third-order valence-corrected chi connectivity index (χ3v) is 6.31. The molecule has 0 spiro atoms. The molecule has 1 aliphatic heterocycles. The zero-order chi connectivity index (χ0) is 23.2. The van der Waals surface area contributed by atoms with Gasteiger partial charge >= 0.3 is 6.18 Å². The molecule has 0 radical (unpaired) electrons. The molecule has 2 aromatic heterocycles. The Morgan fingerprint density at radius 3 is 2.31 bits per heavy atom. The summed E-state index contributed by atoms with van der Waals surface area (Å²) in [5.41, 5.74) is -0.563. The molecule has 1 fully saturated rings. The van der Waals surface area contributed by atoms with Crippen LogP contribution in [0, 0.1) is 6.92 Å². The molecule has 1 aliphatic rings. The molecule has 1 saturated heterocycles. The lowest BCUT2D eigenvalue weighted by atomic mass is 10.2. The summed E-state index contributed by atoms with van der Waals surface area (Å²) in [6, 6.07) is 6.16. The second kappa shape index (κ2) is 8.70. The highest BCUT2D eigenvalue weighted by Gasteiger charge is 2.37. The topological polar surface area (TPSA) is 53.7 Å². The van der Waals surface area contributed by atoms with Crippen molar-refractivity contribution in [2.75, 3.05) is 26.2 Å². The van der Waals surface area contributed by atoms with Crippen molar-refractivity contribution in [3.05, 3.63) is 62.0 Å². The van der Waals surface area contributed by atoms with Gasteiger partial charge in [-0.2, -0.15) is 18.3 Å². The van der Waals surface area contributed by atoms with E-state index >= 15 is 0 Å². The van der Waals surface area contributed by atoms with Gasteiger partial charge in [-0.15, -0.1) is 0 Å². The summed E-state index contributed by atoms with van der Waals surface area (Å²) in [6.45, 7) is 3.71. The van der Waals surface area contributed by atoms with Gasteiger partial charge in [-0.3, -0.25) is 9.69 Å². The van der Waals surface area contributed by atoms with Crippen LogP contribution in [0.5, 0.6) is 0 Å². The fourth-order valence-corrected chi connectivity index (χ4v) is 4.38. The molecular weight excluding hydrogens is 490 g/mol. The lowest BCUT2D eigenvalue weighted by molar-refractivity contribution is -0.142. The molecule has 170 valence electrons. The van der Waals surface area contributed by atoms with Crippen molar-refractivity contribution in [2.24, 2.45) is 0 Å². The summed E-state index contributed by atoms with van der Waals surface area (Å²) < 4.78 is 40.8. The predicted octanol–water partition coefficient (Wildman–Crippen LogP) is 4.97. The van der Waals surface area contributed by atoms with Crippen LogP contribution in [0.15, 0.2) is 24.3 Å². The number of nitrogens with zero attached hydrogens (tertiary/aromatic N) is 5. The highest BCUT2D eigenvalue weighted by atomic mass is 35.5. The molecule has 3 heterocycles. The maximum absolute atomic E-state index is 13.4. The number of hydrogen-bond donors (Lipinski definition) is 0. The first-order chi connectivity index (χ1) is 15.1. The van der Waals surface area contributed by atoms with Crippen LogP contribution in [0.25, 0.3) is 5.65 Å². The molecule has 32 heavy (non-hydrogen) atoms. The number of benzene rings is 1. The van der Waals surface area contributed by atoms with Crippen molar-refractivity contribution in [2.45, 2.75) is 19.6 Å². The number of carbonyl (C=O) groups is 1. The number of rotatable bonds is 3. The smallest absolute Gasteiger partial charge is 0.335 e. The molecule has 1 amide bonds. The fourth-order valence-electron chi connectivity index (χ4n) is 3.62. The first kappa shape index (κ1) is 23.1. The lowest BCUT2D eigenvalue weighted by Crippen LogP contribution is -2.48. The highest BCUT2D eigenvalue weighted by molar-refractivity contribution is 6.36. The molecule has 6 nitrogen and oxygen atoms in total. The van der Waals surface area contributed by atoms with Crippen LogP contribution in [0.4, 0.5) is 13.2 Å². The molecular formula is C20H17Cl3F3N5O. The highest BCUT2D eigenvalue weighted by Crippen LogP contribution is 2.33. The Labute approximate surface area is 196 Å². The van der Waals surface area contributed by atoms with E-state index in [1.165, 1.54) is 11.8 Å². The predicted molar refractivity (Wildman–Crippen MR) is 115 cm³/mol. The van der Waals surface area contributed by atoms with E-state index in [2.05, 4.69) is 15.0 Å². The lowest BCUT2D eigenvalue weighted by Gasteiger charge is -2.34. The summed E-state index contributed by atoms with van der Waals surface area (Å²) >= 11 is 18.7. The van der Waals surface area contributed by atoms with Gasteiger partial charge in [-0.25, -0.2) is 9.50 Å². The Morgan fingerprint density at radius 1 is 1.09 bits per heavy atom. The average molecular weight is 507 g/mol. The van der Waals surface area contributed by atoms with Gasteiger partial charge in [0.25, 0.3) is 5.91 Å². The largest absolute Gasteiger partial charge is 0.433 e. The third-order valence-electron chi connectivity index (χ3n) is 5.26. The number of amides is 1. The number of aryl methyl sites for hydroxylation is 1. The SMILES string of the molecule is Cc1cc(C(F)(F)F)n2nc(C(=O)N3CCN(Cc4c(Cl)cccc4Cl)CC3)c(Cl)c2n1. The van der Waals surface area contributed by atoms with E-state index in [1.807, 2.05) is 0 Å². The van der Waals surface area contributed by atoms with Crippen LogP contribution in [0.3, 0.4) is 0 Å². The van der Waals surface area contributed by atoms with Crippen molar-refractivity contribution in [3.8, 4) is 0 Å². The van der Waals surface area contributed by atoms with Crippen LogP contribution < -0.4 is 0 Å². The van der Waals surface area contributed by atoms with Crippen molar-refractivity contribution < 1.29 is 18.0 Å². The first-order valence-electron chi connectivity index (χ1n) is 9.64. The number of halogens is 6. The summed E-state index contributed by atoms with van der Waals surface area (Å²) in [6.07, 6.45) is -4.67. The first-order valence-corrected chi connectivity index (χ1v) is 10.8. The molecule has 0 N–H and O–H groups in total. The summed E-state index contributed by atoms with van der Waals surface area (Å²) in [5, 5.41) is 4.80. The van der Waals surface area contributed by atoms with E-state index in [0.717, 1.165) is 11.6 Å². The monoisotopic (exact) mass is 505 g/mol. The summed E-state index contributed by atoms with van der Waals surface area (Å²) in [4.78, 5) is 20.6. The normalized spacial score (nSPS) is 15.5. The maximum Gasteiger partial charge on any atom is 0.433 e. The van der Waals surface area contributed by atoms with Crippen molar-refractivity contribution in [1.82, 2.24) is 24.4 Å². The van der Waals surface area contributed by atoms with Gasteiger partial charge in [0.05, 0.1) is 0 Å². The summed E-state index contributed by atoms with van der Waals surface area (Å²) in [7, 11) is 0. The Bertz CT molecular complexity index is 1170. The zero-order valence-corrected chi connectivity index (χ0v) is 19.0. The number of aromatic nitrogens is 3. The van der Waals surface area contributed by atoms with E-state index < -0.39 is 17.8 Å². The van der Waals surface area contributed by atoms with Gasteiger partial charge < -0.3 is 4.90 Å². The van der Waals surface area contributed by atoms with E-state index in [9.17, 15) is 18.0 Å². The maximum atomic E-state index is 13.4. The molecule has 4 rings (SSSR count). The summed E-state index contributed by atoms with van der Waals surface area (Å²) in [5.74, 6) is -0.540. The second-order valence-electron chi connectivity index (χ2n) is 7.45. The van der Waals surface area contributed by atoms with Gasteiger partial charge in [-0.1, -0.05) is 40.9 Å². The second-order valence-corrected chi connectivity index (χ2v) is 8.64. The number of piperazine rings is 1. The zero-order valence-electron chi connectivity index (χ0n) is 16.8. The third kappa shape index (κ3) is 4.39. The average Bonchev–Trinajstić information content (AvgIpc) is 3.06. The molecule has 1 aromatic carbocycles. The van der Waals surface area contributed by atoms with E-state index in [0.29, 0.717) is 47.3 Å². The molecule has 0 unspecified atom stereocenters. The van der Waals surface area contributed by atoms with E-state index in [1.54, 1.807) is 18.2 Å². The standard InChI is InChI=1S/C20H17Cl3F3N5O/c1-11-9-15(20(24,25)26)31-18(27-11)16(23)17(28-31)19(32)30-7-5-29(6-8-30)10-12-13(21)3-2-4-14(12)22/h2-4,9H,5-8,10H2,1H3. The number of alkyl halides is 3. The number of carbonyl (C=O) groups excluding carboxylic acids is 1. The van der Waals surface area contributed by atoms with Crippen molar-refractivity contribution in [3.63, 3.8) is 0 Å². The van der Waals surface area contributed by atoms with Gasteiger partial charge in [0, 0.05) is 54.0 Å². The molecule has 0 aliphatic carbocycles. The molecule has 3 aromatic rings. The Hall–Kier alpha value is -2.07. The molecule has 0 saturated carbocycles. The van der Waals surface area contributed by atoms with Gasteiger partial charge in [0.1, 0.15) is 10.7 Å². The van der Waals surface area contributed by atoms with Crippen LogP contribution in [-0.2, 0) is 12.7 Å². The molecule has 0 atom stereocenters. The molecule has 0 bridgehead atoms. The minimum Gasteiger partial charge on any atom is -0.335 e. The van der Waals surface area contributed by atoms with E-state index in [-0.39, 0.29) is 22.1 Å². The molecule has 12 heteroatoms. The Balaban J connectivity index is 1.53. The van der Waals surface area contributed by atoms with Crippen LogP contribution in [-0.4, -0.2) is 56.5 Å².